The van der Waals surface area contributed by atoms with Gasteiger partial charge in [0.15, 0.2) is 11.5 Å². The molecule has 0 bridgehead atoms. The fraction of sp³-hybridized carbons (Fsp3) is 0.533. The van der Waals surface area contributed by atoms with Crippen molar-refractivity contribution in [2.45, 2.75) is 25.0 Å². The molecule has 0 aliphatic carbocycles. The molecular weight excluding hydrogens is 256 g/mol. The standard InChI is InChI=1S/C15H20N2O3/c1-18-14-7-3-6-12(15(14)19-2)13(9-16)17-10-11-5-4-8-20-11/h3,6-7,11,13,17H,4-5,8,10H2,1-2H3. The summed E-state index contributed by atoms with van der Waals surface area (Å²) in [5.74, 6) is 1.23. The van der Waals surface area contributed by atoms with Crippen LogP contribution in [0.25, 0.3) is 0 Å². The van der Waals surface area contributed by atoms with Crippen molar-refractivity contribution in [2.24, 2.45) is 0 Å². The lowest BCUT2D eigenvalue weighted by atomic mass is 10.1. The number of nitriles is 1. The lowest BCUT2D eigenvalue weighted by Gasteiger charge is -2.19. The van der Waals surface area contributed by atoms with E-state index in [4.69, 9.17) is 14.2 Å². The fourth-order valence-corrected chi connectivity index (χ4v) is 2.42. The van der Waals surface area contributed by atoms with Gasteiger partial charge in [0.1, 0.15) is 6.04 Å². The fourth-order valence-electron chi connectivity index (χ4n) is 2.42. The Balaban J connectivity index is 2.12. The van der Waals surface area contributed by atoms with Crippen molar-refractivity contribution in [3.05, 3.63) is 23.8 Å². The summed E-state index contributed by atoms with van der Waals surface area (Å²) in [5.41, 5.74) is 0.785. The van der Waals surface area contributed by atoms with E-state index in [2.05, 4.69) is 11.4 Å². The predicted octanol–water partition coefficient (Wildman–Crippen LogP) is 2.04. The van der Waals surface area contributed by atoms with Crippen molar-refractivity contribution in [1.29, 1.82) is 5.26 Å². The summed E-state index contributed by atoms with van der Waals surface area (Å²) in [6.07, 6.45) is 2.33. The molecule has 2 atom stereocenters. The first-order chi connectivity index (χ1) is 9.80. The van der Waals surface area contributed by atoms with E-state index in [-0.39, 0.29) is 6.10 Å². The summed E-state index contributed by atoms with van der Waals surface area (Å²) < 4.78 is 16.2. The average molecular weight is 276 g/mol. The molecule has 0 saturated carbocycles. The number of para-hydroxylation sites is 1. The van der Waals surface area contributed by atoms with E-state index in [1.165, 1.54) is 0 Å². The molecule has 1 aromatic rings. The second-order valence-electron chi connectivity index (χ2n) is 4.69. The third-order valence-electron chi connectivity index (χ3n) is 3.45. The highest BCUT2D eigenvalue weighted by molar-refractivity contribution is 5.49. The Bertz CT molecular complexity index is 478. The van der Waals surface area contributed by atoms with Crippen molar-refractivity contribution in [3.63, 3.8) is 0 Å². The van der Waals surface area contributed by atoms with Gasteiger partial charge < -0.3 is 14.2 Å². The number of rotatable bonds is 6. The molecule has 5 nitrogen and oxygen atoms in total. The van der Waals surface area contributed by atoms with E-state index in [0.29, 0.717) is 18.0 Å². The van der Waals surface area contributed by atoms with Crippen molar-refractivity contribution < 1.29 is 14.2 Å². The van der Waals surface area contributed by atoms with Crippen LogP contribution in [-0.2, 0) is 4.74 Å². The Hall–Kier alpha value is -1.77. The van der Waals surface area contributed by atoms with Gasteiger partial charge in [-0.3, -0.25) is 5.32 Å². The molecule has 1 aliphatic rings. The number of benzene rings is 1. The van der Waals surface area contributed by atoms with Crippen LogP contribution >= 0.6 is 0 Å². The lowest BCUT2D eigenvalue weighted by molar-refractivity contribution is 0.109. The van der Waals surface area contributed by atoms with Gasteiger partial charge in [-0.15, -0.1) is 0 Å². The van der Waals surface area contributed by atoms with Gasteiger partial charge in [-0.25, -0.2) is 0 Å². The molecule has 0 spiro atoms. The average Bonchev–Trinajstić information content (AvgIpc) is 3.00. The van der Waals surface area contributed by atoms with Crippen LogP contribution in [-0.4, -0.2) is 33.5 Å². The van der Waals surface area contributed by atoms with Crippen LogP contribution < -0.4 is 14.8 Å². The second-order valence-corrected chi connectivity index (χ2v) is 4.69. The summed E-state index contributed by atoms with van der Waals surface area (Å²) in [5, 5.41) is 12.6. The Morgan fingerprint density at radius 2 is 2.30 bits per heavy atom. The van der Waals surface area contributed by atoms with E-state index in [9.17, 15) is 5.26 Å². The lowest BCUT2D eigenvalue weighted by Crippen LogP contribution is -2.29. The van der Waals surface area contributed by atoms with E-state index >= 15 is 0 Å². The number of ether oxygens (including phenoxy) is 3. The number of nitrogens with zero attached hydrogens (tertiary/aromatic N) is 1. The first-order valence-electron chi connectivity index (χ1n) is 6.75. The van der Waals surface area contributed by atoms with Crippen molar-refractivity contribution in [3.8, 4) is 17.6 Å². The summed E-state index contributed by atoms with van der Waals surface area (Å²) in [4.78, 5) is 0. The number of methoxy groups -OCH3 is 2. The van der Waals surface area contributed by atoms with Gasteiger partial charge in [-0.1, -0.05) is 12.1 Å². The number of hydrogen-bond acceptors (Lipinski definition) is 5. The van der Waals surface area contributed by atoms with Crippen LogP contribution in [0.3, 0.4) is 0 Å². The highest BCUT2D eigenvalue weighted by Crippen LogP contribution is 2.34. The first-order valence-corrected chi connectivity index (χ1v) is 6.75. The molecule has 2 unspecified atom stereocenters. The van der Waals surface area contributed by atoms with Crippen LogP contribution in [0.2, 0.25) is 0 Å². The number of nitrogens with one attached hydrogen (secondary N) is 1. The van der Waals surface area contributed by atoms with Gasteiger partial charge in [-0.05, 0) is 18.9 Å². The summed E-state index contributed by atoms with van der Waals surface area (Å²) >= 11 is 0. The van der Waals surface area contributed by atoms with Crippen LogP contribution in [0.15, 0.2) is 18.2 Å². The smallest absolute Gasteiger partial charge is 0.166 e. The van der Waals surface area contributed by atoms with Crippen molar-refractivity contribution in [2.75, 3.05) is 27.4 Å². The minimum Gasteiger partial charge on any atom is -0.493 e. The molecule has 5 heteroatoms. The van der Waals surface area contributed by atoms with Crippen LogP contribution in [0.4, 0.5) is 0 Å². The Labute approximate surface area is 119 Å². The van der Waals surface area contributed by atoms with Gasteiger partial charge >= 0.3 is 0 Å². The molecule has 1 aromatic carbocycles. The van der Waals surface area contributed by atoms with Crippen molar-refractivity contribution >= 4 is 0 Å². The molecule has 20 heavy (non-hydrogen) atoms. The maximum Gasteiger partial charge on any atom is 0.166 e. The molecule has 2 rings (SSSR count). The summed E-state index contributed by atoms with van der Waals surface area (Å²) in [6.45, 7) is 1.48. The van der Waals surface area contributed by atoms with E-state index in [1.807, 2.05) is 18.2 Å². The summed E-state index contributed by atoms with van der Waals surface area (Å²) in [7, 11) is 3.17. The Morgan fingerprint density at radius 3 is 2.90 bits per heavy atom. The molecule has 108 valence electrons. The third-order valence-corrected chi connectivity index (χ3v) is 3.45. The molecule has 0 radical (unpaired) electrons. The zero-order valence-electron chi connectivity index (χ0n) is 11.9. The largest absolute Gasteiger partial charge is 0.493 e. The molecular formula is C15H20N2O3. The van der Waals surface area contributed by atoms with Gasteiger partial charge in [0.25, 0.3) is 0 Å². The molecule has 1 heterocycles. The zero-order valence-corrected chi connectivity index (χ0v) is 11.9. The second kappa shape index (κ2) is 7.13. The topological polar surface area (TPSA) is 63.5 Å². The first kappa shape index (κ1) is 14.6. The highest BCUT2D eigenvalue weighted by Gasteiger charge is 2.21. The molecule has 0 amide bonds. The molecule has 1 fully saturated rings. The third kappa shape index (κ3) is 3.21. The Kier molecular flexibility index (Phi) is 5.22. The van der Waals surface area contributed by atoms with Crippen molar-refractivity contribution in [1.82, 2.24) is 5.32 Å². The molecule has 1 N–H and O–H groups in total. The highest BCUT2D eigenvalue weighted by atomic mass is 16.5. The quantitative estimate of drug-likeness (QED) is 0.861. The predicted molar refractivity (Wildman–Crippen MR) is 74.9 cm³/mol. The number of hydrogen-bond donors (Lipinski definition) is 1. The Morgan fingerprint density at radius 1 is 1.45 bits per heavy atom. The normalized spacial score (nSPS) is 19.4. The van der Waals surface area contributed by atoms with Crippen LogP contribution in [0, 0.1) is 11.3 Å². The zero-order chi connectivity index (χ0) is 14.4. The van der Waals surface area contributed by atoms with E-state index in [1.54, 1.807) is 14.2 Å². The maximum absolute atomic E-state index is 9.39. The van der Waals surface area contributed by atoms with Gasteiger partial charge in [0, 0.05) is 18.7 Å². The SMILES string of the molecule is COc1cccc(C(C#N)NCC2CCCO2)c1OC. The van der Waals surface area contributed by atoms with E-state index in [0.717, 1.165) is 25.0 Å². The van der Waals surface area contributed by atoms with Gasteiger partial charge in [-0.2, -0.15) is 5.26 Å². The van der Waals surface area contributed by atoms with Crippen LogP contribution in [0.5, 0.6) is 11.5 Å². The summed E-state index contributed by atoms with van der Waals surface area (Å²) in [6, 6.07) is 7.37. The molecule has 0 aromatic heterocycles. The monoisotopic (exact) mass is 276 g/mol. The van der Waals surface area contributed by atoms with Gasteiger partial charge in [0.05, 0.1) is 26.4 Å². The van der Waals surface area contributed by atoms with E-state index < -0.39 is 6.04 Å². The molecule has 1 saturated heterocycles. The van der Waals surface area contributed by atoms with Gasteiger partial charge in [0.2, 0.25) is 0 Å². The molecule has 1 aliphatic heterocycles. The minimum atomic E-state index is -0.441. The van der Waals surface area contributed by atoms with Crippen LogP contribution in [0.1, 0.15) is 24.4 Å². The maximum atomic E-state index is 9.39. The minimum absolute atomic E-state index is 0.197.